The quantitative estimate of drug-likeness (QED) is 0.158. The Morgan fingerprint density at radius 3 is 2.18 bits per heavy atom. The second-order valence-electron chi connectivity index (χ2n) is 11.6. The summed E-state index contributed by atoms with van der Waals surface area (Å²) in [5.41, 5.74) is -0.0757. The summed E-state index contributed by atoms with van der Waals surface area (Å²) in [6.07, 6.45) is 24.5. The van der Waals surface area contributed by atoms with E-state index >= 15 is 0 Å². The Kier molecular flexibility index (Phi) is 11.4. The van der Waals surface area contributed by atoms with Gasteiger partial charge in [-0.05, 0) is 61.4 Å². The molecule has 3 aliphatic rings. The molecule has 0 radical (unpaired) electrons. The lowest BCUT2D eigenvalue weighted by molar-refractivity contribution is -0.291. The number of esters is 1. The van der Waals surface area contributed by atoms with Crippen molar-refractivity contribution in [2.75, 3.05) is 0 Å². The normalized spacial score (nSPS) is 25.5. The fourth-order valence-corrected chi connectivity index (χ4v) is 6.35. The highest BCUT2D eigenvalue weighted by Crippen LogP contribution is 2.48. The standard InChI is InChI=1S/C33H45BrO5/c1-2-3-4-5-6-7-8-9-10-11-12-13-29-24-30(37-31(36)26-14-16-27(34)17-15-26)25-33(38-29)23-22-32(39-33)20-18-28(35)19-21-32/h14-21,29-30H,2-13,22-25H2,1H3. The van der Waals surface area contributed by atoms with Crippen LogP contribution in [-0.4, -0.2) is 35.3 Å². The molecule has 5 nitrogen and oxygen atoms in total. The SMILES string of the molecule is CCCCCCCCCCCCCC1CC(OC(=O)c2ccc(Br)cc2)CC2(CCC3(C=CC(=O)C=C3)O2)O1. The lowest BCUT2D eigenvalue weighted by atomic mass is 9.91. The highest BCUT2D eigenvalue weighted by atomic mass is 79.9. The molecule has 3 unspecified atom stereocenters. The van der Waals surface area contributed by atoms with Crippen molar-refractivity contribution in [3.05, 3.63) is 58.6 Å². The number of carbonyl (C=O) groups excluding carboxylic acids is 2. The van der Waals surface area contributed by atoms with Gasteiger partial charge in [-0.2, -0.15) is 0 Å². The number of ketones is 1. The van der Waals surface area contributed by atoms with Crippen molar-refractivity contribution in [1.82, 2.24) is 0 Å². The van der Waals surface area contributed by atoms with E-state index in [0.29, 0.717) is 24.8 Å². The van der Waals surface area contributed by atoms with Crippen LogP contribution in [0.25, 0.3) is 0 Å². The maximum absolute atomic E-state index is 12.9. The number of hydrogen-bond donors (Lipinski definition) is 0. The number of ether oxygens (including phenoxy) is 3. The maximum Gasteiger partial charge on any atom is 0.338 e. The molecule has 0 aromatic heterocycles. The molecule has 2 fully saturated rings. The summed E-state index contributed by atoms with van der Waals surface area (Å²) in [6, 6.07) is 7.26. The van der Waals surface area contributed by atoms with Crippen LogP contribution in [0.5, 0.6) is 0 Å². The van der Waals surface area contributed by atoms with Crippen molar-refractivity contribution in [2.24, 2.45) is 0 Å². The molecule has 6 heteroatoms. The van der Waals surface area contributed by atoms with Gasteiger partial charge in [-0.3, -0.25) is 4.79 Å². The molecule has 2 heterocycles. The third-order valence-corrected chi connectivity index (χ3v) is 8.79. The predicted octanol–water partition coefficient (Wildman–Crippen LogP) is 8.80. The van der Waals surface area contributed by atoms with E-state index in [1.807, 2.05) is 24.3 Å². The van der Waals surface area contributed by atoms with Gasteiger partial charge in [0.15, 0.2) is 11.6 Å². The average Bonchev–Trinajstić information content (AvgIpc) is 3.25. The summed E-state index contributed by atoms with van der Waals surface area (Å²) in [6.45, 7) is 2.26. The molecule has 0 N–H and O–H groups in total. The topological polar surface area (TPSA) is 61.8 Å². The molecular formula is C33H45BrO5. The summed E-state index contributed by atoms with van der Waals surface area (Å²) >= 11 is 3.42. The van der Waals surface area contributed by atoms with E-state index in [9.17, 15) is 9.59 Å². The van der Waals surface area contributed by atoms with Crippen LogP contribution in [0.3, 0.4) is 0 Å². The van der Waals surface area contributed by atoms with Gasteiger partial charge >= 0.3 is 5.97 Å². The van der Waals surface area contributed by atoms with Gasteiger partial charge in [0.1, 0.15) is 11.7 Å². The van der Waals surface area contributed by atoms with Gasteiger partial charge in [0, 0.05) is 23.7 Å². The molecule has 214 valence electrons. The number of carbonyl (C=O) groups is 2. The van der Waals surface area contributed by atoms with E-state index < -0.39 is 11.4 Å². The van der Waals surface area contributed by atoms with Gasteiger partial charge in [0.25, 0.3) is 0 Å². The number of hydrogen-bond acceptors (Lipinski definition) is 5. The molecule has 39 heavy (non-hydrogen) atoms. The van der Waals surface area contributed by atoms with Crippen LogP contribution >= 0.6 is 15.9 Å². The first-order valence-corrected chi connectivity index (χ1v) is 16.0. The number of benzene rings is 1. The molecule has 3 atom stereocenters. The Bertz CT molecular complexity index is 984. The zero-order valence-electron chi connectivity index (χ0n) is 23.5. The predicted molar refractivity (Wildman–Crippen MR) is 158 cm³/mol. The minimum atomic E-state index is -0.805. The van der Waals surface area contributed by atoms with E-state index in [1.165, 1.54) is 64.2 Å². The largest absolute Gasteiger partial charge is 0.458 e. The second kappa shape index (κ2) is 14.7. The van der Waals surface area contributed by atoms with E-state index in [1.54, 1.807) is 24.3 Å². The summed E-state index contributed by atoms with van der Waals surface area (Å²) in [5.74, 6) is -1.14. The lowest BCUT2D eigenvalue weighted by Gasteiger charge is -2.43. The summed E-state index contributed by atoms with van der Waals surface area (Å²) in [4.78, 5) is 24.7. The number of halogens is 1. The van der Waals surface area contributed by atoms with Crippen molar-refractivity contribution in [2.45, 2.75) is 133 Å². The van der Waals surface area contributed by atoms with Gasteiger partial charge in [-0.1, -0.05) is 93.5 Å². The Morgan fingerprint density at radius 2 is 1.54 bits per heavy atom. The Balaban J connectivity index is 1.29. The molecule has 1 aromatic carbocycles. The fourth-order valence-electron chi connectivity index (χ4n) is 6.08. The molecule has 0 bridgehead atoms. The summed E-state index contributed by atoms with van der Waals surface area (Å²) in [5, 5.41) is 0. The first-order chi connectivity index (χ1) is 18.9. The van der Waals surface area contributed by atoms with E-state index in [4.69, 9.17) is 14.2 Å². The van der Waals surface area contributed by atoms with Crippen LogP contribution in [-0.2, 0) is 19.0 Å². The van der Waals surface area contributed by atoms with Crippen LogP contribution < -0.4 is 0 Å². The van der Waals surface area contributed by atoms with E-state index in [2.05, 4.69) is 22.9 Å². The average molecular weight is 602 g/mol. The van der Waals surface area contributed by atoms with Crippen LogP contribution in [0.4, 0.5) is 0 Å². The van der Waals surface area contributed by atoms with Crippen molar-refractivity contribution < 1.29 is 23.8 Å². The minimum Gasteiger partial charge on any atom is -0.458 e. The highest BCUT2D eigenvalue weighted by molar-refractivity contribution is 9.10. The number of rotatable bonds is 14. The minimum absolute atomic E-state index is 0.0200. The Hall–Kier alpha value is -1.76. The number of allylic oxidation sites excluding steroid dienone is 2. The zero-order valence-corrected chi connectivity index (χ0v) is 25.1. The Labute approximate surface area is 242 Å². The molecule has 1 aromatic rings. The van der Waals surface area contributed by atoms with Gasteiger partial charge in [0.2, 0.25) is 0 Å². The van der Waals surface area contributed by atoms with Crippen LogP contribution in [0.15, 0.2) is 53.0 Å². The molecule has 2 spiro atoms. The van der Waals surface area contributed by atoms with Gasteiger partial charge < -0.3 is 14.2 Å². The zero-order chi connectivity index (χ0) is 27.6. The Morgan fingerprint density at radius 1 is 0.923 bits per heavy atom. The molecule has 2 saturated heterocycles. The van der Waals surface area contributed by atoms with Crippen LogP contribution in [0, 0.1) is 0 Å². The fraction of sp³-hybridized carbons (Fsp3) is 0.636. The van der Waals surface area contributed by atoms with Crippen LogP contribution in [0.1, 0.15) is 120 Å². The van der Waals surface area contributed by atoms with Crippen molar-refractivity contribution >= 4 is 27.7 Å². The second-order valence-corrected chi connectivity index (χ2v) is 12.5. The monoisotopic (exact) mass is 600 g/mol. The van der Waals surface area contributed by atoms with Crippen molar-refractivity contribution in [1.29, 1.82) is 0 Å². The number of unbranched alkanes of at least 4 members (excludes halogenated alkanes) is 10. The maximum atomic E-state index is 12.9. The van der Waals surface area contributed by atoms with E-state index in [0.717, 1.165) is 23.7 Å². The van der Waals surface area contributed by atoms with Crippen molar-refractivity contribution in [3.8, 4) is 0 Å². The summed E-state index contributed by atoms with van der Waals surface area (Å²) in [7, 11) is 0. The smallest absolute Gasteiger partial charge is 0.338 e. The van der Waals surface area contributed by atoms with Gasteiger partial charge in [-0.15, -0.1) is 0 Å². The van der Waals surface area contributed by atoms with Crippen molar-refractivity contribution in [3.63, 3.8) is 0 Å². The van der Waals surface area contributed by atoms with Crippen LogP contribution in [0.2, 0.25) is 0 Å². The molecule has 1 aliphatic carbocycles. The third-order valence-electron chi connectivity index (χ3n) is 8.26. The van der Waals surface area contributed by atoms with Gasteiger partial charge in [0.05, 0.1) is 11.7 Å². The summed E-state index contributed by atoms with van der Waals surface area (Å²) < 4.78 is 20.2. The lowest BCUT2D eigenvalue weighted by Crippen LogP contribution is -2.48. The molecular weight excluding hydrogens is 556 g/mol. The molecule has 4 rings (SSSR count). The van der Waals surface area contributed by atoms with Gasteiger partial charge in [-0.25, -0.2) is 4.79 Å². The first-order valence-electron chi connectivity index (χ1n) is 15.2. The molecule has 2 aliphatic heterocycles. The molecule has 0 amide bonds. The molecule has 0 saturated carbocycles. The first kappa shape index (κ1) is 30.2. The third kappa shape index (κ3) is 9.12. The highest BCUT2D eigenvalue weighted by Gasteiger charge is 2.53. The van der Waals surface area contributed by atoms with E-state index in [-0.39, 0.29) is 24.0 Å².